The Labute approximate surface area is 126 Å². The number of carboxylic acids is 1. The number of benzene rings is 1. The van der Waals surface area contributed by atoms with Gasteiger partial charge in [0.2, 0.25) is 0 Å². The molecule has 2 rings (SSSR count). The van der Waals surface area contributed by atoms with Crippen LogP contribution in [0.4, 0.5) is 0 Å². The van der Waals surface area contributed by atoms with Crippen LogP contribution in [0, 0.1) is 5.41 Å². The summed E-state index contributed by atoms with van der Waals surface area (Å²) in [5.74, 6) is -0.879. The van der Waals surface area contributed by atoms with Crippen molar-refractivity contribution in [2.24, 2.45) is 5.41 Å². The molecule has 2 atom stereocenters. The van der Waals surface area contributed by atoms with Crippen molar-refractivity contribution in [3.05, 3.63) is 35.4 Å². The molecule has 0 aliphatic heterocycles. The Bertz CT molecular complexity index is 541. The Morgan fingerprint density at radius 2 is 2.10 bits per heavy atom. The van der Waals surface area contributed by atoms with Crippen molar-refractivity contribution in [1.29, 1.82) is 0 Å². The van der Waals surface area contributed by atoms with E-state index in [0.717, 1.165) is 18.5 Å². The van der Waals surface area contributed by atoms with Gasteiger partial charge in [0, 0.05) is 25.1 Å². The lowest BCUT2D eigenvalue weighted by molar-refractivity contribution is -0.207. The van der Waals surface area contributed by atoms with E-state index in [4.69, 9.17) is 9.84 Å². The predicted molar refractivity (Wildman–Crippen MR) is 82.5 cm³/mol. The van der Waals surface area contributed by atoms with E-state index >= 15 is 0 Å². The van der Waals surface area contributed by atoms with E-state index < -0.39 is 5.97 Å². The summed E-state index contributed by atoms with van der Waals surface area (Å²) in [4.78, 5) is 13.3. The fourth-order valence-electron chi connectivity index (χ4n) is 3.36. The molecular weight excluding hydrogens is 266 g/mol. The Kier molecular flexibility index (Phi) is 4.13. The molecule has 4 nitrogen and oxygen atoms in total. The monoisotopic (exact) mass is 291 g/mol. The van der Waals surface area contributed by atoms with Gasteiger partial charge in [0.15, 0.2) is 0 Å². The quantitative estimate of drug-likeness (QED) is 0.906. The van der Waals surface area contributed by atoms with Gasteiger partial charge in [0.25, 0.3) is 0 Å². The number of carboxylic acid groups (broad SMARTS) is 1. The lowest BCUT2D eigenvalue weighted by atomic mass is 9.55. The Morgan fingerprint density at radius 1 is 1.43 bits per heavy atom. The number of methoxy groups -OCH3 is 1. The van der Waals surface area contributed by atoms with E-state index in [1.54, 1.807) is 25.3 Å². The summed E-state index contributed by atoms with van der Waals surface area (Å²) in [6.45, 7) is 7.36. The van der Waals surface area contributed by atoms with Crippen molar-refractivity contribution in [3.8, 4) is 0 Å². The summed E-state index contributed by atoms with van der Waals surface area (Å²) in [7, 11) is 3.86. The van der Waals surface area contributed by atoms with E-state index in [1.807, 2.05) is 6.07 Å². The maximum Gasteiger partial charge on any atom is 0.335 e. The van der Waals surface area contributed by atoms with Gasteiger partial charge in [-0.25, -0.2) is 4.79 Å². The fourth-order valence-corrected chi connectivity index (χ4v) is 3.36. The van der Waals surface area contributed by atoms with Gasteiger partial charge in [0.05, 0.1) is 11.2 Å². The first kappa shape index (κ1) is 16.0. The molecule has 0 amide bonds. The second-order valence-electron chi connectivity index (χ2n) is 6.80. The van der Waals surface area contributed by atoms with Gasteiger partial charge >= 0.3 is 5.97 Å². The van der Waals surface area contributed by atoms with Crippen molar-refractivity contribution < 1.29 is 14.6 Å². The highest BCUT2D eigenvalue weighted by atomic mass is 16.5. The van der Waals surface area contributed by atoms with Gasteiger partial charge in [-0.1, -0.05) is 26.0 Å². The Hall–Kier alpha value is -1.39. The van der Waals surface area contributed by atoms with Crippen molar-refractivity contribution in [2.45, 2.75) is 45.4 Å². The molecule has 0 saturated heterocycles. The third-order valence-corrected chi connectivity index (χ3v) is 5.37. The first-order valence-electron chi connectivity index (χ1n) is 7.29. The van der Waals surface area contributed by atoms with Crippen LogP contribution in [0.5, 0.6) is 0 Å². The van der Waals surface area contributed by atoms with E-state index in [-0.39, 0.29) is 11.0 Å². The third-order valence-electron chi connectivity index (χ3n) is 5.37. The van der Waals surface area contributed by atoms with Crippen molar-refractivity contribution in [1.82, 2.24) is 4.90 Å². The number of nitrogens with zero attached hydrogens (tertiary/aromatic N) is 1. The van der Waals surface area contributed by atoms with Gasteiger partial charge in [-0.15, -0.1) is 0 Å². The number of hydrogen-bond donors (Lipinski definition) is 1. The van der Waals surface area contributed by atoms with Gasteiger partial charge < -0.3 is 9.84 Å². The second kappa shape index (κ2) is 5.43. The van der Waals surface area contributed by atoms with Gasteiger partial charge in [0.1, 0.15) is 0 Å². The van der Waals surface area contributed by atoms with Crippen LogP contribution in [0.25, 0.3) is 0 Å². The summed E-state index contributed by atoms with van der Waals surface area (Å²) in [5.41, 5.74) is 1.35. The molecule has 1 aliphatic rings. The lowest BCUT2D eigenvalue weighted by Gasteiger charge is -2.61. The zero-order chi connectivity index (χ0) is 15.8. The molecule has 0 spiro atoms. The van der Waals surface area contributed by atoms with Crippen molar-refractivity contribution in [3.63, 3.8) is 0 Å². The average Bonchev–Trinajstić information content (AvgIpc) is 2.44. The van der Waals surface area contributed by atoms with Crippen LogP contribution in [0.2, 0.25) is 0 Å². The third kappa shape index (κ3) is 2.70. The van der Waals surface area contributed by atoms with E-state index in [2.05, 4.69) is 32.7 Å². The van der Waals surface area contributed by atoms with Crippen LogP contribution in [0.1, 0.15) is 43.1 Å². The predicted octanol–water partition coefficient (Wildman–Crippen LogP) is 3.02. The molecule has 0 radical (unpaired) electrons. The number of rotatable bonds is 5. The van der Waals surface area contributed by atoms with Crippen LogP contribution in [0.15, 0.2) is 24.3 Å². The molecule has 1 aliphatic carbocycles. The number of ether oxygens (including phenoxy) is 1. The Balaban J connectivity index is 2.08. The molecular formula is C17H25NO3. The van der Waals surface area contributed by atoms with Crippen LogP contribution < -0.4 is 0 Å². The first-order chi connectivity index (χ1) is 9.71. The first-order valence-corrected chi connectivity index (χ1v) is 7.29. The summed E-state index contributed by atoms with van der Waals surface area (Å²) in [5, 5.41) is 9.06. The molecule has 4 heteroatoms. The minimum absolute atomic E-state index is 0.0703. The summed E-state index contributed by atoms with van der Waals surface area (Å²) in [6.07, 6.45) is 0.992. The SMILES string of the molecule is COC1(C)CC(N(C)Cc2cccc(C(=O)O)c2)C1(C)C. The molecule has 0 heterocycles. The van der Waals surface area contributed by atoms with Crippen LogP contribution in [-0.4, -0.2) is 41.8 Å². The highest BCUT2D eigenvalue weighted by Crippen LogP contribution is 2.53. The summed E-state index contributed by atoms with van der Waals surface area (Å²) in [6, 6.07) is 7.58. The number of hydrogen-bond acceptors (Lipinski definition) is 3. The Morgan fingerprint density at radius 3 is 2.62 bits per heavy atom. The molecule has 2 unspecified atom stereocenters. The largest absolute Gasteiger partial charge is 0.478 e. The number of aromatic carboxylic acids is 1. The summed E-state index contributed by atoms with van der Waals surface area (Å²) >= 11 is 0. The average molecular weight is 291 g/mol. The standard InChI is InChI=1S/C17H25NO3/c1-16(2)14(10-17(16,3)21-5)18(4)11-12-7-6-8-13(9-12)15(19)20/h6-9,14H,10-11H2,1-5H3,(H,19,20). The molecule has 0 bridgehead atoms. The summed E-state index contributed by atoms with van der Waals surface area (Å²) < 4.78 is 5.67. The highest BCUT2D eigenvalue weighted by Gasteiger charge is 2.58. The maximum atomic E-state index is 11.0. The number of carbonyl (C=O) groups is 1. The van der Waals surface area contributed by atoms with E-state index in [0.29, 0.717) is 11.6 Å². The minimum atomic E-state index is -0.879. The smallest absolute Gasteiger partial charge is 0.335 e. The van der Waals surface area contributed by atoms with Gasteiger partial charge in [-0.2, -0.15) is 0 Å². The van der Waals surface area contributed by atoms with Gasteiger partial charge in [-0.3, -0.25) is 4.90 Å². The molecule has 1 fully saturated rings. The molecule has 116 valence electrons. The topological polar surface area (TPSA) is 49.8 Å². The zero-order valence-corrected chi connectivity index (χ0v) is 13.5. The molecule has 21 heavy (non-hydrogen) atoms. The van der Waals surface area contributed by atoms with Crippen LogP contribution in [-0.2, 0) is 11.3 Å². The van der Waals surface area contributed by atoms with Crippen LogP contribution >= 0.6 is 0 Å². The molecule has 0 aromatic heterocycles. The maximum absolute atomic E-state index is 11.0. The van der Waals surface area contributed by atoms with Crippen molar-refractivity contribution >= 4 is 5.97 Å². The molecule has 1 aromatic rings. The zero-order valence-electron chi connectivity index (χ0n) is 13.5. The normalized spacial score (nSPS) is 27.4. The van der Waals surface area contributed by atoms with Crippen LogP contribution in [0.3, 0.4) is 0 Å². The molecule has 1 N–H and O–H groups in total. The molecule has 1 aromatic carbocycles. The van der Waals surface area contributed by atoms with Crippen molar-refractivity contribution in [2.75, 3.05) is 14.2 Å². The second-order valence-corrected chi connectivity index (χ2v) is 6.80. The van der Waals surface area contributed by atoms with E-state index in [1.165, 1.54) is 0 Å². The lowest BCUT2D eigenvalue weighted by Crippen LogP contribution is -2.67. The fraction of sp³-hybridized carbons (Fsp3) is 0.588. The minimum Gasteiger partial charge on any atom is -0.478 e. The molecule has 1 saturated carbocycles. The van der Waals surface area contributed by atoms with E-state index in [9.17, 15) is 4.79 Å². The van der Waals surface area contributed by atoms with Gasteiger partial charge in [-0.05, 0) is 38.1 Å². The highest BCUT2D eigenvalue weighted by molar-refractivity contribution is 5.87.